The Balaban J connectivity index is 2.19. The molecule has 1 aliphatic heterocycles. The molecule has 0 radical (unpaired) electrons. The highest BCUT2D eigenvalue weighted by molar-refractivity contribution is 7.99. The van der Waals surface area contributed by atoms with E-state index in [1.54, 1.807) is 11.8 Å². The maximum atomic E-state index is 11.3. The molecule has 0 fully saturated rings. The first-order valence-corrected chi connectivity index (χ1v) is 6.84. The molecule has 0 aromatic heterocycles. The number of carboxylic acid groups (broad SMARTS) is 1. The van der Waals surface area contributed by atoms with Gasteiger partial charge in [-0.1, -0.05) is 48.2 Å². The van der Waals surface area contributed by atoms with Crippen molar-refractivity contribution in [2.45, 2.75) is 21.8 Å². The lowest BCUT2D eigenvalue weighted by molar-refractivity contribution is -0.138. The smallest absolute Gasteiger partial charge is 0.321 e. The molecule has 0 amide bonds. The Morgan fingerprint density at radius 3 is 2.00 bits per heavy atom. The molecule has 1 unspecified atom stereocenters. The van der Waals surface area contributed by atoms with Gasteiger partial charge in [0.05, 0.1) is 0 Å². The first-order chi connectivity index (χ1) is 9.18. The molecule has 1 aliphatic rings. The second kappa shape index (κ2) is 4.72. The average Bonchev–Trinajstić information content (AvgIpc) is 2.43. The molecule has 0 saturated carbocycles. The van der Waals surface area contributed by atoms with E-state index >= 15 is 0 Å². The number of hydrogen-bond acceptors (Lipinski definition) is 3. The maximum Gasteiger partial charge on any atom is 0.321 e. The highest BCUT2D eigenvalue weighted by atomic mass is 32.2. The summed E-state index contributed by atoms with van der Waals surface area (Å²) in [6, 6.07) is 14.8. The van der Waals surface area contributed by atoms with Gasteiger partial charge < -0.3 is 10.8 Å². The fourth-order valence-corrected chi connectivity index (χ4v) is 3.63. The van der Waals surface area contributed by atoms with Crippen molar-refractivity contribution in [3.63, 3.8) is 0 Å². The SMILES string of the molecule is NC(C(=O)O)C1c2ccccc2Sc2ccccc21. The van der Waals surface area contributed by atoms with Crippen molar-refractivity contribution >= 4 is 17.7 Å². The molecule has 0 bridgehead atoms. The summed E-state index contributed by atoms with van der Waals surface area (Å²) in [6.07, 6.45) is 0. The Morgan fingerprint density at radius 2 is 1.53 bits per heavy atom. The lowest BCUT2D eigenvalue weighted by Gasteiger charge is -2.30. The number of aliphatic carboxylic acids is 1. The monoisotopic (exact) mass is 271 g/mol. The minimum Gasteiger partial charge on any atom is -0.480 e. The Hall–Kier alpha value is -1.78. The third-order valence-corrected chi connectivity index (χ3v) is 4.56. The molecule has 2 aromatic carbocycles. The quantitative estimate of drug-likeness (QED) is 0.881. The average molecular weight is 271 g/mol. The Kier molecular flexibility index (Phi) is 3.05. The third-order valence-electron chi connectivity index (χ3n) is 3.37. The van der Waals surface area contributed by atoms with E-state index in [2.05, 4.69) is 0 Å². The Bertz CT molecular complexity index is 596. The zero-order valence-electron chi connectivity index (χ0n) is 10.1. The van der Waals surface area contributed by atoms with Gasteiger partial charge in [-0.2, -0.15) is 0 Å². The highest BCUT2D eigenvalue weighted by Gasteiger charge is 2.33. The first kappa shape index (κ1) is 12.3. The largest absolute Gasteiger partial charge is 0.480 e. The molecule has 3 N–H and O–H groups in total. The summed E-state index contributed by atoms with van der Waals surface area (Å²) >= 11 is 1.67. The van der Waals surface area contributed by atoms with Crippen molar-refractivity contribution in [1.29, 1.82) is 0 Å². The molecule has 0 aliphatic carbocycles. The van der Waals surface area contributed by atoms with Crippen LogP contribution in [0.25, 0.3) is 0 Å². The normalized spacial score (nSPS) is 15.4. The van der Waals surface area contributed by atoms with Crippen LogP contribution in [0.5, 0.6) is 0 Å². The number of nitrogens with two attached hydrogens (primary N) is 1. The van der Waals surface area contributed by atoms with E-state index in [1.165, 1.54) is 0 Å². The van der Waals surface area contributed by atoms with Crippen LogP contribution in [0, 0.1) is 0 Å². The van der Waals surface area contributed by atoms with Crippen molar-refractivity contribution in [2.75, 3.05) is 0 Å². The van der Waals surface area contributed by atoms with Crippen molar-refractivity contribution in [1.82, 2.24) is 0 Å². The number of rotatable bonds is 2. The Labute approximate surface area is 115 Å². The van der Waals surface area contributed by atoms with Gasteiger partial charge in [-0.3, -0.25) is 4.79 Å². The predicted molar refractivity (Wildman–Crippen MR) is 74.5 cm³/mol. The summed E-state index contributed by atoms with van der Waals surface area (Å²) < 4.78 is 0. The fraction of sp³-hybridized carbons (Fsp3) is 0.133. The van der Waals surface area contributed by atoms with E-state index in [1.807, 2.05) is 48.5 Å². The summed E-state index contributed by atoms with van der Waals surface area (Å²) in [5.41, 5.74) is 7.91. The van der Waals surface area contributed by atoms with Gasteiger partial charge in [0.1, 0.15) is 6.04 Å². The number of hydrogen-bond donors (Lipinski definition) is 2. The van der Waals surface area contributed by atoms with Crippen LogP contribution in [-0.4, -0.2) is 17.1 Å². The molecule has 0 saturated heterocycles. The summed E-state index contributed by atoms with van der Waals surface area (Å²) in [6.45, 7) is 0. The molecule has 1 heterocycles. The maximum absolute atomic E-state index is 11.3. The van der Waals surface area contributed by atoms with Crippen molar-refractivity contribution in [2.24, 2.45) is 5.73 Å². The van der Waals surface area contributed by atoms with Crippen molar-refractivity contribution in [3.05, 3.63) is 59.7 Å². The van der Waals surface area contributed by atoms with E-state index in [0.717, 1.165) is 20.9 Å². The van der Waals surface area contributed by atoms with E-state index < -0.39 is 12.0 Å². The van der Waals surface area contributed by atoms with Gasteiger partial charge in [0.15, 0.2) is 0 Å². The van der Waals surface area contributed by atoms with Crippen LogP contribution in [0.1, 0.15) is 17.0 Å². The number of fused-ring (bicyclic) bond motifs is 2. The second-order valence-corrected chi connectivity index (χ2v) is 5.60. The molecule has 3 rings (SSSR count). The van der Waals surface area contributed by atoms with Crippen LogP contribution in [-0.2, 0) is 4.79 Å². The Morgan fingerprint density at radius 1 is 1.05 bits per heavy atom. The molecule has 96 valence electrons. The predicted octanol–water partition coefficient (Wildman–Crippen LogP) is 2.70. The van der Waals surface area contributed by atoms with E-state index in [0.29, 0.717) is 0 Å². The molecular weight excluding hydrogens is 258 g/mol. The van der Waals surface area contributed by atoms with E-state index in [9.17, 15) is 9.90 Å². The van der Waals surface area contributed by atoms with E-state index in [4.69, 9.17) is 5.73 Å². The number of benzene rings is 2. The second-order valence-electron chi connectivity index (χ2n) is 4.52. The lowest BCUT2D eigenvalue weighted by atomic mass is 9.85. The van der Waals surface area contributed by atoms with Crippen LogP contribution in [0.3, 0.4) is 0 Å². The van der Waals surface area contributed by atoms with Gasteiger partial charge >= 0.3 is 5.97 Å². The molecule has 19 heavy (non-hydrogen) atoms. The van der Waals surface area contributed by atoms with Crippen LogP contribution in [0.4, 0.5) is 0 Å². The third kappa shape index (κ3) is 2.03. The van der Waals surface area contributed by atoms with E-state index in [-0.39, 0.29) is 5.92 Å². The molecule has 1 atom stereocenters. The topological polar surface area (TPSA) is 63.3 Å². The summed E-state index contributed by atoms with van der Waals surface area (Å²) in [5, 5.41) is 9.25. The number of carbonyl (C=O) groups is 1. The first-order valence-electron chi connectivity index (χ1n) is 6.02. The fourth-order valence-electron chi connectivity index (χ4n) is 2.48. The molecule has 4 heteroatoms. The van der Waals surface area contributed by atoms with Gasteiger partial charge in [-0.15, -0.1) is 0 Å². The minimum atomic E-state index is -0.971. The zero-order chi connectivity index (χ0) is 13.4. The summed E-state index contributed by atoms with van der Waals surface area (Å²) in [5.74, 6) is -1.26. The van der Waals surface area contributed by atoms with Crippen LogP contribution in [0.2, 0.25) is 0 Å². The van der Waals surface area contributed by atoms with Gasteiger partial charge in [-0.05, 0) is 23.3 Å². The van der Waals surface area contributed by atoms with Crippen LogP contribution < -0.4 is 5.73 Å². The van der Waals surface area contributed by atoms with Gasteiger partial charge in [0.25, 0.3) is 0 Å². The minimum absolute atomic E-state index is 0.286. The molecular formula is C15H13NO2S. The zero-order valence-corrected chi connectivity index (χ0v) is 10.9. The molecule has 0 spiro atoms. The van der Waals surface area contributed by atoms with Gasteiger partial charge in [0.2, 0.25) is 0 Å². The highest BCUT2D eigenvalue weighted by Crippen LogP contribution is 2.46. The summed E-state index contributed by atoms with van der Waals surface area (Å²) in [7, 11) is 0. The molecule has 3 nitrogen and oxygen atoms in total. The standard InChI is InChI=1S/C15H13NO2S/c16-14(15(17)18)13-9-5-1-3-7-11(9)19-12-8-4-2-6-10(12)13/h1-8,13-14H,16H2,(H,17,18). The van der Waals surface area contributed by atoms with Crippen LogP contribution >= 0.6 is 11.8 Å². The lowest BCUT2D eigenvalue weighted by Crippen LogP contribution is -2.38. The van der Waals surface area contributed by atoms with Gasteiger partial charge in [-0.25, -0.2) is 0 Å². The van der Waals surface area contributed by atoms with Crippen LogP contribution in [0.15, 0.2) is 58.3 Å². The van der Waals surface area contributed by atoms with Crippen molar-refractivity contribution < 1.29 is 9.90 Å². The molecule has 2 aromatic rings. The number of carboxylic acids is 1. The van der Waals surface area contributed by atoms with Gasteiger partial charge in [0, 0.05) is 15.7 Å². The van der Waals surface area contributed by atoms with Crippen molar-refractivity contribution in [3.8, 4) is 0 Å². The summed E-state index contributed by atoms with van der Waals surface area (Å²) in [4.78, 5) is 13.5.